The Morgan fingerprint density at radius 2 is 1.43 bits per heavy atom. The smallest absolute Gasteiger partial charge is 0.261 e. The third kappa shape index (κ3) is 3.78. The van der Waals surface area contributed by atoms with Crippen LogP contribution in [0.5, 0.6) is 0 Å². The molecule has 0 bridgehead atoms. The van der Waals surface area contributed by atoms with Gasteiger partial charge in [-0.15, -0.1) is 0 Å². The van der Waals surface area contributed by atoms with Crippen molar-refractivity contribution in [3.05, 3.63) is 60.7 Å². The first-order chi connectivity index (χ1) is 14.1. The van der Waals surface area contributed by atoms with Gasteiger partial charge >= 0.3 is 0 Å². The van der Waals surface area contributed by atoms with Crippen LogP contribution in [0, 0.1) is 5.92 Å². The van der Waals surface area contributed by atoms with Gasteiger partial charge in [-0.3, -0.25) is 0 Å². The van der Waals surface area contributed by atoms with Gasteiger partial charge in [0.1, 0.15) is 6.10 Å². The van der Waals surface area contributed by atoms with E-state index in [2.05, 4.69) is 81.4 Å². The Balaban J connectivity index is 1.69. The predicted octanol–water partition coefficient (Wildman–Crippen LogP) is 3.46. The molecule has 2 aromatic rings. The highest BCUT2D eigenvalue weighted by atomic mass is 28.4. The fourth-order valence-electron chi connectivity index (χ4n) is 5.21. The van der Waals surface area contributed by atoms with Crippen LogP contribution >= 0.6 is 0 Å². The van der Waals surface area contributed by atoms with Crippen LogP contribution in [0.25, 0.3) is 0 Å². The number of benzene rings is 2. The van der Waals surface area contributed by atoms with Gasteiger partial charge in [-0.1, -0.05) is 81.4 Å². The largest absolute Gasteiger partial charge is 0.407 e. The molecular weight excluding hydrogens is 392 g/mol. The molecule has 2 aliphatic rings. The van der Waals surface area contributed by atoms with Crippen LogP contribution in [0.4, 0.5) is 0 Å². The van der Waals surface area contributed by atoms with E-state index in [1.54, 1.807) is 0 Å². The maximum Gasteiger partial charge on any atom is 0.261 e. The molecule has 5 heteroatoms. The van der Waals surface area contributed by atoms with Crippen LogP contribution in [-0.4, -0.2) is 44.1 Å². The van der Waals surface area contributed by atoms with E-state index in [-0.39, 0.29) is 23.2 Å². The summed E-state index contributed by atoms with van der Waals surface area (Å²) in [5.41, 5.74) is 0. The third-order valence-corrected chi connectivity index (χ3v) is 11.5. The third-order valence-electron chi connectivity index (χ3n) is 6.48. The minimum atomic E-state index is -2.60. The standard InChI is InChI=1S/C25H34O4Si/c1-24(2,3)30(19-12-8-6-9-13-19,20-14-10-7-11-15-20)27-17-18-16-21(26)23-22(18)28-25(4,5)29-23/h6-15,18,21-23,26H,16-17H2,1-5H3/t18-,21+,22-,23+/m1/s1. The Kier molecular flexibility index (Phi) is 5.70. The maximum absolute atomic E-state index is 10.6. The average molecular weight is 427 g/mol. The molecule has 1 heterocycles. The number of fused-ring (bicyclic) bond motifs is 1. The molecule has 1 saturated heterocycles. The molecule has 4 nitrogen and oxygen atoms in total. The molecule has 2 fully saturated rings. The van der Waals surface area contributed by atoms with Crippen molar-refractivity contribution in [1.29, 1.82) is 0 Å². The van der Waals surface area contributed by atoms with Gasteiger partial charge < -0.3 is 19.0 Å². The van der Waals surface area contributed by atoms with E-state index in [9.17, 15) is 5.11 Å². The van der Waals surface area contributed by atoms with Crippen LogP contribution in [0.2, 0.25) is 5.04 Å². The predicted molar refractivity (Wildman–Crippen MR) is 122 cm³/mol. The number of aliphatic hydroxyl groups excluding tert-OH is 1. The first-order valence-electron chi connectivity index (χ1n) is 10.9. The van der Waals surface area contributed by atoms with E-state index in [1.165, 1.54) is 10.4 Å². The molecule has 0 spiro atoms. The number of rotatable bonds is 5. The van der Waals surface area contributed by atoms with Crippen molar-refractivity contribution in [2.45, 2.75) is 70.2 Å². The van der Waals surface area contributed by atoms with E-state index in [0.29, 0.717) is 13.0 Å². The summed E-state index contributed by atoms with van der Waals surface area (Å²) in [7, 11) is -2.60. The number of ether oxygens (including phenoxy) is 2. The topological polar surface area (TPSA) is 47.9 Å². The molecule has 1 aliphatic carbocycles. The van der Waals surface area contributed by atoms with Gasteiger partial charge in [0.15, 0.2) is 5.79 Å². The second kappa shape index (κ2) is 7.88. The molecular formula is C25H34O4Si. The second-order valence-electron chi connectivity index (χ2n) is 10.1. The van der Waals surface area contributed by atoms with Crippen LogP contribution in [0.1, 0.15) is 41.0 Å². The summed E-state index contributed by atoms with van der Waals surface area (Å²) in [6.45, 7) is 11.2. The lowest BCUT2D eigenvalue weighted by Gasteiger charge is -2.43. The molecule has 1 N–H and O–H groups in total. The normalized spacial score (nSPS) is 28.5. The molecule has 1 saturated carbocycles. The summed E-state index contributed by atoms with van der Waals surface area (Å²) < 4.78 is 19.2. The van der Waals surface area contributed by atoms with Crippen molar-refractivity contribution in [2.75, 3.05) is 6.61 Å². The second-order valence-corrected chi connectivity index (χ2v) is 14.4. The fraction of sp³-hybridized carbons (Fsp3) is 0.520. The van der Waals surface area contributed by atoms with Gasteiger partial charge in [-0.05, 0) is 35.7 Å². The van der Waals surface area contributed by atoms with Crippen LogP contribution in [-0.2, 0) is 13.9 Å². The van der Waals surface area contributed by atoms with E-state index in [4.69, 9.17) is 13.9 Å². The maximum atomic E-state index is 10.6. The van der Waals surface area contributed by atoms with Gasteiger partial charge in [-0.2, -0.15) is 0 Å². The van der Waals surface area contributed by atoms with Crippen molar-refractivity contribution in [3.63, 3.8) is 0 Å². The first kappa shape index (κ1) is 21.7. The van der Waals surface area contributed by atoms with Gasteiger partial charge in [-0.25, -0.2) is 0 Å². The number of aliphatic hydroxyl groups is 1. The molecule has 30 heavy (non-hydrogen) atoms. The fourth-order valence-corrected chi connectivity index (χ4v) is 9.83. The minimum Gasteiger partial charge on any atom is -0.407 e. The van der Waals surface area contributed by atoms with E-state index < -0.39 is 20.2 Å². The lowest BCUT2D eigenvalue weighted by molar-refractivity contribution is -0.167. The quantitative estimate of drug-likeness (QED) is 0.744. The van der Waals surface area contributed by atoms with E-state index >= 15 is 0 Å². The Labute approximate surface area is 181 Å². The Morgan fingerprint density at radius 1 is 0.933 bits per heavy atom. The highest BCUT2D eigenvalue weighted by Crippen LogP contribution is 2.43. The summed E-state index contributed by atoms with van der Waals surface area (Å²) in [4.78, 5) is 0. The number of hydrogen-bond donors (Lipinski definition) is 1. The molecule has 0 aromatic heterocycles. The Morgan fingerprint density at radius 3 is 1.93 bits per heavy atom. The minimum absolute atomic E-state index is 0.0708. The van der Waals surface area contributed by atoms with Crippen molar-refractivity contribution in [2.24, 2.45) is 5.92 Å². The lowest BCUT2D eigenvalue weighted by atomic mass is 10.1. The van der Waals surface area contributed by atoms with Crippen LogP contribution < -0.4 is 10.4 Å². The van der Waals surface area contributed by atoms with Gasteiger partial charge in [0.05, 0.1) is 12.2 Å². The molecule has 0 amide bonds. The van der Waals surface area contributed by atoms with Crippen molar-refractivity contribution in [3.8, 4) is 0 Å². The zero-order valence-corrected chi connectivity index (χ0v) is 19.7. The molecule has 162 valence electrons. The number of hydrogen-bond acceptors (Lipinski definition) is 4. The molecule has 2 aromatic carbocycles. The van der Waals surface area contributed by atoms with Gasteiger partial charge in [0.2, 0.25) is 0 Å². The summed E-state index contributed by atoms with van der Waals surface area (Å²) in [6, 6.07) is 21.3. The highest BCUT2D eigenvalue weighted by Gasteiger charge is 2.55. The van der Waals surface area contributed by atoms with Gasteiger partial charge in [0, 0.05) is 12.5 Å². The summed E-state index contributed by atoms with van der Waals surface area (Å²) in [5.74, 6) is -0.555. The Hall–Kier alpha value is -1.50. The van der Waals surface area contributed by atoms with Crippen molar-refractivity contribution in [1.82, 2.24) is 0 Å². The van der Waals surface area contributed by atoms with E-state index in [1.807, 2.05) is 13.8 Å². The summed E-state index contributed by atoms with van der Waals surface area (Å²) in [5, 5.41) is 13.0. The SMILES string of the molecule is CC1(C)O[C@@H]2[C@@H](CO[Si](c3ccccc3)(c3ccccc3)C(C)(C)C)C[C@H](O)[C@@H]2O1. The molecule has 0 unspecified atom stereocenters. The highest BCUT2D eigenvalue weighted by molar-refractivity contribution is 6.99. The van der Waals surface area contributed by atoms with Gasteiger partial charge in [0.25, 0.3) is 8.32 Å². The molecule has 4 rings (SSSR count). The van der Waals surface area contributed by atoms with Crippen molar-refractivity contribution < 1.29 is 19.0 Å². The monoisotopic (exact) mass is 426 g/mol. The van der Waals surface area contributed by atoms with Crippen LogP contribution in [0.3, 0.4) is 0 Å². The van der Waals surface area contributed by atoms with Crippen LogP contribution in [0.15, 0.2) is 60.7 Å². The van der Waals surface area contributed by atoms with Crippen molar-refractivity contribution >= 4 is 18.7 Å². The summed E-state index contributed by atoms with van der Waals surface area (Å²) >= 11 is 0. The summed E-state index contributed by atoms with van der Waals surface area (Å²) in [6.07, 6.45) is -0.269. The molecule has 1 aliphatic heterocycles. The molecule has 4 atom stereocenters. The lowest BCUT2D eigenvalue weighted by Crippen LogP contribution is -2.67. The van der Waals surface area contributed by atoms with E-state index in [0.717, 1.165) is 0 Å². The first-order valence-corrected chi connectivity index (χ1v) is 12.8. The molecule has 0 radical (unpaired) electrons. The average Bonchev–Trinajstić information content (AvgIpc) is 3.17. The zero-order chi connectivity index (χ0) is 21.6. The zero-order valence-electron chi connectivity index (χ0n) is 18.7. The Bertz CT molecular complexity index is 807.